The molecule has 6 heteroatoms. The van der Waals surface area contributed by atoms with E-state index >= 15 is 0 Å². The van der Waals surface area contributed by atoms with Gasteiger partial charge >= 0.3 is 0 Å². The van der Waals surface area contributed by atoms with E-state index in [1.54, 1.807) is 0 Å². The third kappa shape index (κ3) is 2.79. The molecule has 2 N–H and O–H groups in total. The molecular weight excluding hydrogens is 244 g/mol. The van der Waals surface area contributed by atoms with E-state index in [1.165, 1.54) is 6.39 Å². The van der Waals surface area contributed by atoms with Crippen molar-refractivity contribution in [3.05, 3.63) is 30.7 Å². The van der Waals surface area contributed by atoms with Gasteiger partial charge in [-0.25, -0.2) is 0 Å². The lowest BCUT2D eigenvalue weighted by Gasteiger charge is -2.26. The number of carbonyl (C=O) groups is 1. The summed E-state index contributed by atoms with van der Waals surface area (Å²) >= 11 is 0. The summed E-state index contributed by atoms with van der Waals surface area (Å²) in [5.74, 6) is 0.994. The number of hydrogen-bond donors (Lipinski definition) is 2. The predicted molar refractivity (Wildman–Crippen MR) is 69.3 cm³/mol. The normalized spacial score (nSPS) is 14.9. The second-order valence-corrected chi connectivity index (χ2v) is 4.60. The zero-order valence-electron chi connectivity index (χ0n) is 10.3. The summed E-state index contributed by atoms with van der Waals surface area (Å²) in [6.07, 6.45) is 1.86. The van der Waals surface area contributed by atoms with Crippen molar-refractivity contribution in [3.8, 4) is 11.5 Å². The molecule has 1 aliphatic heterocycles. The molecule has 1 aromatic heterocycles. The molecule has 1 amide bonds. The Hall–Kier alpha value is -2.21. The molecule has 2 aromatic rings. The maximum atomic E-state index is 11.7. The zero-order chi connectivity index (χ0) is 13.1. The Morgan fingerprint density at radius 1 is 1.37 bits per heavy atom. The monoisotopic (exact) mass is 258 g/mol. The van der Waals surface area contributed by atoms with Gasteiger partial charge < -0.3 is 15.1 Å². The van der Waals surface area contributed by atoms with Crippen molar-refractivity contribution in [1.82, 2.24) is 15.5 Å². The van der Waals surface area contributed by atoms with Crippen molar-refractivity contribution in [2.24, 2.45) is 5.92 Å². The van der Waals surface area contributed by atoms with Gasteiger partial charge in [0, 0.05) is 17.7 Å². The quantitative estimate of drug-likeness (QED) is 0.863. The van der Waals surface area contributed by atoms with Crippen LogP contribution in [0.4, 0.5) is 5.69 Å². The molecule has 6 nitrogen and oxygen atoms in total. The highest BCUT2D eigenvalue weighted by Crippen LogP contribution is 2.19. The molecule has 1 aliphatic rings. The zero-order valence-corrected chi connectivity index (χ0v) is 10.3. The van der Waals surface area contributed by atoms with Gasteiger partial charge in [-0.15, -0.1) is 10.2 Å². The van der Waals surface area contributed by atoms with Crippen LogP contribution in [0.5, 0.6) is 0 Å². The molecule has 0 spiro atoms. The first-order valence-electron chi connectivity index (χ1n) is 6.18. The van der Waals surface area contributed by atoms with Gasteiger partial charge in [-0.1, -0.05) is 0 Å². The molecule has 0 atom stereocenters. The van der Waals surface area contributed by atoms with E-state index in [0.29, 0.717) is 18.2 Å². The smallest absolute Gasteiger partial charge is 0.247 e. The number of carbonyl (C=O) groups excluding carboxylic acids is 1. The van der Waals surface area contributed by atoms with E-state index in [9.17, 15) is 4.79 Å². The van der Waals surface area contributed by atoms with Gasteiger partial charge in [0.2, 0.25) is 18.2 Å². The fourth-order valence-electron chi connectivity index (χ4n) is 1.96. The number of benzene rings is 1. The maximum Gasteiger partial charge on any atom is 0.247 e. The summed E-state index contributed by atoms with van der Waals surface area (Å²) in [4.78, 5) is 11.7. The summed E-state index contributed by atoms with van der Waals surface area (Å²) in [5.41, 5.74) is 1.61. The van der Waals surface area contributed by atoms with Gasteiger partial charge in [0.1, 0.15) is 0 Å². The molecule has 98 valence electrons. The van der Waals surface area contributed by atoms with Gasteiger partial charge in [-0.05, 0) is 43.3 Å². The summed E-state index contributed by atoms with van der Waals surface area (Å²) in [6.45, 7) is 1.87. The second kappa shape index (κ2) is 5.19. The standard InChI is InChI=1S/C13H14N4O2/c18-12(5-9-6-14-7-9)16-11-3-1-10(2-4-11)13-17-15-8-19-13/h1-4,8-9,14H,5-7H2,(H,16,18). The van der Waals surface area contributed by atoms with E-state index in [4.69, 9.17) is 4.42 Å². The third-order valence-electron chi connectivity index (χ3n) is 3.12. The van der Waals surface area contributed by atoms with Crippen molar-refractivity contribution < 1.29 is 9.21 Å². The minimum absolute atomic E-state index is 0.0528. The number of nitrogens with zero attached hydrogens (tertiary/aromatic N) is 2. The second-order valence-electron chi connectivity index (χ2n) is 4.60. The molecular formula is C13H14N4O2. The largest absolute Gasteiger partial charge is 0.423 e. The van der Waals surface area contributed by atoms with Gasteiger partial charge in [-0.2, -0.15) is 0 Å². The van der Waals surface area contributed by atoms with Crippen LogP contribution in [-0.2, 0) is 4.79 Å². The third-order valence-corrected chi connectivity index (χ3v) is 3.12. The van der Waals surface area contributed by atoms with Crippen molar-refractivity contribution in [2.45, 2.75) is 6.42 Å². The molecule has 0 aliphatic carbocycles. The van der Waals surface area contributed by atoms with Crippen molar-refractivity contribution in [3.63, 3.8) is 0 Å². The van der Waals surface area contributed by atoms with Crippen LogP contribution in [0, 0.1) is 5.92 Å². The predicted octanol–water partition coefficient (Wildman–Crippen LogP) is 1.28. The topological polar surface area (TPSA) is 80.0 Å². The van der Waals surface area contributed by atoms with Crippen molar-refractivity contribution in [1.29, 1.82) is 0 Å². The Morgan fingerprint density at radius 2 is 2.16 bits per heavy atom. The van der Waals surface area contributed by atoms with Gasteiger partial charge in [0.25, 0.3) is 0 Å². The first-order valence-corrected chi connectivity index (χ1v) is 6.18. The minimum atomic E-state index is 0.0528. The Balaban J connectivity index is 1.61. The van der Waals surface area contributed by atoms with Crippen LogP contribution in [0.1, 0.15) is 6.42 Å². The van der Waals surface area contributed by atoms with Gasteiger partial charge in [0.05, 0.1) is 0 Å². The van der Waals surface area contributed by atoms with E-state index in [1.807, 2.05) is 24.3 Å². The van der Waals surface area contributed by atoms with Crippen molar-refractivity contribution in [2.75, 3.05) is 18.4 Å². The molecule has 0 radical (unpaired) electrons. The van der Waals surface area contributed by atoms with Crippen LogP contribution in [0.2, 0.25) is 0 Å². The molecule has 1 fully saturated rings. The summed E-state index contributed by atoms with van der Waals surface area (Å²) in [7, 11) is 0. The fraction of sp³-hybridized carbons (Fsp3) is 0.308. The van der Waals surface area contributed by atoms with Crippen LogP contribution in [0.15, 0.2) is 35.1 Å². The highest BCUT2D eigenvalue weighted by molar-refractivity contribution is 5.91. The Labute approximate surface area is 110 Å². The lowest BCUT2D eigenvalue weighted by molar-refractivity contribution is -0.117. The number of aromatic nitrogens is 2. The Bertz CT molecular complexity index is 547. The van der Waals surface area contributed by atoms with Gasteiger partial charge in [0.15, 0.2) is 0 Å². The van der Waals surface area contributed by atoms with Crippen LogP contribution in [0.25, 0.3) is 11.5 Å². The first-order chi connectivity index (χ1) is 9.31. The average Bonchev–Trinajstić information content (AvgIpc) is 2.89. The van der Waals surface area contributed by atoms with E-state index in [2.05, 4.69) is 20.8 Å². The molecule has 1 saturated heterocycles. The lowest BCUT2D eigenvalue weighted by Crippen LogP contribution is -2.43. The van der Waals surface area contributed by atoms with Crippen molar-refractivity contribution >= 4 is 11.6 Å². The number of nitrogens with one attached hydrogen (secondary N) is 2. The van der Waals surface area contributed by atoms with Crippen LogP contribution in [0.3, 0.4) is 0 Å². The highest BCUT2D eigenvalue weighted by Gasteiger charge is 2.19. The summed E-state index contributed by atoms with van der Waals surface area (Å²) < 4.78 is 5.10. The van der Waals surface area contributed by atoms with Crippen LogP contribution >= 0.6 is 0 Å². The lowest BCUT2D eigenvalue weighted by atomic mass is 9.99. The number of rotatable bonds is 4. The SMILES string of the molecule is O=C(CC1CNC1)Nc1ccc(-c2nnco2)cc1. The van der Waals surface area contributed by atoms with E-state index in [0.717, 1.165) is 24.3 Å². The summed E-state index contributed by atoms with van der Waals surface area (Å²) in [6, 6.07) is 7.34. The number of hydrogen-bond acceptors (Lipinski definition) is 5. The first kappa shape index (κ1) is 11.9. The fourth-order valence-corrected chi connectivity index (χ4v) is 1.96. The summed E-state index contributed by atoms with van der Waals surface area (Å²) in [5, 5.41) is 13.5. The van der Waals surface area contributed by atoms with Crippen LogP contribution in [-0.4, -0.2) is 29.2 Å². The molecule has 0 unspecified atom stereocenters. The molecule has 0 bridgehead atoms. The van der Waals surface area contributed by atoms with E-state index < -0.39 is 0 Å². The Morgan fingerprint density at radius 3 is 2.74 bits per heavy atom. The Kier molecular flexibility index (Phi) is 3.24. The van der Waals surface area contributed by atoms with Crippen LogP contribution < -0.4 is 10.6 Å². The molecule has 0 saturated carbocycles. The molecule has 3 rings (SSSR count). The number of anilines is 1. The van der Waals surface area contributed by atoms with E-state index in [-0.39, 0.29) is 5.91 Å². The maximum absolute atomic E-state index is 11.7. The molecule has 2 heterocycles. The minimum Gasteiger partial charge on any atom is -0.423 e. The molecule has 19 heavy (non-hydrogen) atoms. The van der Waals surface area contributed by atoms with Gasteiger partial charge in [-0.3, -0.25) is 4.79 Å². The molecule has 1 aromatic carbocycles. The number of amides is 1. The average molecular weight is 258 g/mol. The highest BCUT2D eigenvalue weighted by atomic mass is 16.4.